The molecule has 1 amide bonds. The highest BCUT2D eigenvalue weighted by molar-refractivity contribution is 5.93. The molecule has 2 saturated heterocycles. The molecule has 3 heterocycles. The number of carbonyl (C=O) groups excluding carboxylic acids is 1. The lowest BCUT2D eigenvalue weighted by molar-refractivity contribution is 0.0252. The van der Waals surface area contributed by atoms with Crippen molar-refractivity contribution in [2.24, 2.45) is 0 Å². The molecular formula is C11H15N3O2. The highest BCUT2D eigenvalue weighted by Gasteiger charge is 2.42. The molecule has 0 radical (unpaired) electrons. The van der Waals surface area contributed by atoms with Crippen LogP contribution in [0.4, 0.5) is 0 Å². The fraction of sp³-hybridized carbons (Fsp3) is 0.636. The van der Waals surface area contributed by atoms with Crippen LogP contribution in [-0.4, -0.2) is 45.9 Å². The second-order valence-electron chi connectivity index (χ2n) is 4.33. The number of rotatable bonds is 2. The van der Waals surface area contributed by atoms with Crippen molar-refractivity contribution >= 4 is 5.91 Å². The van der Waals surface area contributed by atoms with Crippen molar-refractivity contribution in [2.75, 3.05) is 13.2 Å². The van der Waals surface area contributed by atoms with Gasteiger partial charge in [0.05, 0.1) is 18.8 Å². The van der Waals surface area contributed by atoms with Gasteiger partial charge in [-0.3, -0.25) is 9.48 Å². The van der Waals surface area contributed by atoms with Gasteiger partial charge in [0.25, 0.3) is 5.91 Å². The summed E-state index contributed by atoms with van der Waals surface area (Å²) in [7, 11) is 0. The first-order valence-electron chi connectivity index (χ1n) is 5.74. The molecule has 1 aromatic rings. The molecule has 0 N–H and O–H groups in total. The van der Waals surface area contributed by atoms with E-state index in [-0.39, 0.29) is 18.1 Å². The van der Waals surface area contributed by atoms with E-state index in [2.05, 4.69) is 5.10 Å². The Bertz CT molecular complexity index is 415. The molecule has 2 aliphatic heterocycles. The summed E-state index contributed by atoms with van der Waals surface area (Å²) in [5, 5.41) is 4.13. The Morgan fingerprint density at radius 1 is 1.69 bits per heavy atom. The van der Waals surface area contributed by atoms with Crippen LogP contribution in [0.25, 0.3) is 0 Å². The second-order valence-corrected chi connectivity index (χ2v) is 4.33. The van der Waals surface area contributed by atoms with Gasteiger partial charge in [0, 0.05) is 19.3 Å². The Hall–Kier alpha value is -1.36. The topological polar surface area (TPSA) is 47.4 Å². The van der Waals surface area contributed by atoms with Crippen LogP contribution in [0.2, 0.25) is 0 Å². The predicted molar refractivity (Wildman–Crippen MR) is 57.1 cm³/mol. The molecule has 5 heteroatoms. The number of ether oxygens (including phenoxy) is 1. The lowest BCUT2D eigenvalue weighted by atomic mass is 10.2. The normalized spacial score (nSPS) is 27.7. The van der Waals surface area contributed by atoms with Crippen molar-refractivity contribution in [1.29, 1.82) is 0 Å². The molecule has 0 spiro atoms. The molecule has 2 atom stereocenters. The van der Waals surface area contributed by atoms with Crippen LogP contribution in [-0.2, 0) is 11.3 Å². The highest BCUT2D eigenvalue weighted by atomic mass is 16.5. The first kappa shape index (κ1) is 9.84. The van der Waals surface area contributed by atoms with Crippen LogP contribution in [0.1, 0.15) is 23.8 Å². The zero-order chi connectivity index (χ0) is 11.1. The lowest BCUT2D eigenvalue weighted by Crippen LogP contribution is -2.42. The van der Waals surface area contributed by atoms with E-state index >= 15 is 0 Å². The summed E-state index contributed by atoms with van der Waals surface area (Å²) >= 11 is 0. The Balaban J connectivity index is 1.83. The van der Waals surface area contributed by atoms with Gasteiger partial charge < -0.3 is 9.64 Å². The van der Waals surface area contributed by atoms with E-state index in [1.807, 2.05) is 11.8 Å². The molecular weight excluding hydrogens is 206 g/mol. The van der Waals surface area contributed by atoms with Crippen molar-refractivity contribution in [1.82, 2.24) is 14.7 Å². The first-order chi connectivity index (χ1) is 7.79. The van der Waals surface area contributed by atoms with Crippen LogP contribution in [0.5, 0.6) is 0 Å². The molecule has 2 fully saturated rings. The summed E-state index contributed by atoms with van der Waals surface area (Å²) in [5.41, 5.74) is 0.690. The van der Waals surface area contributed by atoms with Gasteiger partial charge in [0.1, 0.15) is 5.69 Å². The van der Waals surface area contributed by atoms with Crippen LogP contribution in [0.15, 0.2) is 12.3 Å². The first-order valence-corrected chi connectivity index (χ1v) is 5.74. The zero-order valence-corrected chi connectivity index (χ0v) is 9.30. The number of carbonyl (C=O) groups is 1. The maximum Gasteiger partial charge on any atom is 0.272 e. The lowest BCUT2D eigenvalue weighted by Gasteiger charge is -2.26. The Morgan fingerprint density at radius 2 is 2.56 bits per heavy atom. The van der Waals surface area contributed by atoms with Crippen molar-refractivity contribution in [3.05, 3.63) is 18.0 Å². The smallest absolute Gasteiger partial charge is 0.272 e. The molecule has 86 valence electrons. The van der Waals surface area contributed by atoms with E-state index in [9.17, 15) is 4.79 Å². The average Bonchev–Trinajstić information content (AvgIpc) is 3.02. The third-order valence-corrected chi connectivity index (χ3v) is 3.40. The highest BCUT2D eigenvalue weighted by Crippen LogP contribution is 2.28. The van der Waals surface area contributed by atoms with Crippen LogP contribution >= 0.6 is 0 Å². The second kappa shape index (κ2) is 3.59. The SMILES string of the molecule is CCn1nccc1C(=O)N1C[C@H]2C[C@H]1CO2. The minimum absolute atomic E-state index is 0.0927. The quantitative estimate of drug-likeness (QED) is 0.731. The summed E-state index contributed by atoms with van der Waals surface area (Å²) < 4.78 is 7.24. The predicted octanol–water partition coefficient (Wildman–Crippen LogP) is 0.516. The third kappa shape index (κ3) is 1.35. The zero-order valence-electron chi connectivity index (χ0n) is 9.30. The van der Waals surface area contributed by atoms with E-state index in [1.54, 1.807) is 16.9 Å². The molecule has 0 saturated carbocycles. The minimum atomic E-state index is 0.0927. The van der Waals surface area contributed by atoms with Crippen molar-refractivity contribution in [2.45, 2.75) is 32.0 Å². The van der Waals surface area contributed by atoms with E-state index in [0.29, 0.717) is 12.3 Å². The molecule has 1 aromatic heterocycles. The molecule has 16 heavy (non-hydrogen) atoms. The Morgan fingerprint density at radius 3 is 3.19 bits per heavy atom. The van der Waals surface area contributed by atoms with Gasteiger partial charge >= 0.3 is 0 Å². The van der Waals surface area contributed by atoms with Gasteiger partial charge in [0.2, 0.25) is 0 Å². The van der Waals surface area contributed by atoms with Gasteiger partial charge in [-0.15, -0.1) is 0 Å². The number of hydrogen-bond donors (Lipinski definition) is 0. The van der Waals surface area contributed by atoms with Gasteiger partial charge in [-0.1, -0.05) is 0 Å². The summed E-state index contributed by atoms with van der Waals surface area (Å²) in [4.78, 5) is 14.2. The number of likely N-dealkylation sites (tertiary alicyclic amines) is 1. The van der Waals surface area contributed by atoms with Gasteiger partial charge in [-0.05, 0) is 19.4 Å². The number of aryl methyl sites for hydroxylation is 1. The maximum atomic E-state index is 12.3. The fourth-order valence-corrected chi connectivity index (χ4v) is 2.56. The standard InChI is InChI=1S/C11H15N3O2/c1-2-14-10(3-4-12-14)11(15)13-6-9-5-8(13)7-16-9/h3-4,8-9H,2,5-7H2,1H3/t8-,9+/m0/s1. The number of morpholine rings is 1. The number of fused-ring (bicyclic) bond motifs is 2. The number of nitrogens with zero attached hydrogens (tertiary/aromatic N) is 3. The molecule has 3 rings (SSSR count). The van der Waals surface area contributed by atoms with Crippen molar-refractivity contribution in [3.63, 3.8) is 0 Å². The van der Waals surface area contributed by atoms with Crippen LogP contribution < -0.4 is 0 Å². The van der Waals surface area contributed by atoms with E-state index in [1.165, 1.54) is 0 Å². The third-order valence-electron chi connectivity index (χ3n) is 3.40. The molecule has 0 aromatic carbocycles. The average molecular weight is 221 g/mol. The number of amides is 1. The minimum Gasteiger partial charge on any atom is -0.374 e. The van der Waals surface area contributed by atoms with E-state index in [4.69, 9.17) is 4.74 Å². The van der Waals surface area contributed by atoms with E-state index < -0.39 is 0 Å². The van der Waals surface area contributed by atoms with Gasteiger partial charge in [-0.25, -0.2) is 0 Å². The largest absolute Gasteiger partial charge is 0.374 e. The molecule has 0 aliphatic carbocycles. The molecule has 2 aliphatic rings. The van der Waals surface area contributed by atoms with Crippen LogP contribution in [0, 0.1) is 0 Å². The van der Waals surface area contributed by atoms with Crippen LogP contribution in [0.3, 0.4) is 0 Å². The van der Waals surface area contributed by atoms with Gasteiger partial charge in [-0.2, -0.15) is 5.10 Å². The molecule has 2 bridgehead atoms. The fourth-order valence-electron chi connectivity index (χ4n) is 2.56. The maximum absolute atomic E-state index is 12.3. The van der Waals surface area contributed by atoms with Crippen molar-refractivity contribution in [3.8, 4) is 0 Å². The summed E-state index contributed by atoms with van der Waals surface area (Å²) in [6.45, 7) is 4.14. The summed E-state index contributed by atoms with van der Waals surface area (Å²) in [6, 6.07) is 2.07. The molecule has 0 unspecified atom stereocenters. The monoisotopic (exact) mass is 221 g/mol. The Labute approximate surface area is 94.0 Å². The number of aromatic nitrogens is 2. The van der Waals surface area contributed by atoms with Crippen molar-refractivity contribution < 1.29 is 9.53 Å². The summed E-state index contributed by atoms with van der Waals surface area (Å²) in [6.07, 6.45) is 2.93. The summed E-state index contributed by atoms with van der Waals surface area (Å²) in [5.74, 6) is 0.0927. The van der Waals surface area contributed by atoms with Gasteiger partial charge in [0.15, 0.2) is 0 Å². The number of hydrogen-bond acceptors (Lipinski definition) is 3. The van der Waals surface area contributed by atoms with E-state index in [0.717, 1.165) is 19.5 Å². The molecule has 5 nitrogen and oxygen atoms in total. The Kier molecular flexibility index (Phi) is 2.21.